The fourth-order valence-electron chi connectivity index (χ4n) is 3.01. The lowest BCUT2D eigenvalue weighted by Crippen LogP contribution is -2.43. The number of hydrogen-bond donors (Lipinski definition) is 2. The Balaban J connectivity index is 1.45. The Labute approximate surface area is 108 Å². The first-order valence-electron chi connectivity index (χ1n) is 7.08. The highest BCUT2D eigenvalue weighted by molar-refractivity contribution is 5.68. The monoisotopic (exact) mass is 254 g/mol. The van der Waals surface area contributed by atoms with Gasteiger partial charge in [-0.1, -0.05) is 0 Å². The fraction of sp³-hybridized carbons (Fsp3) is 0.923. The SMILES string of the molecule is O=C(NC1CCC1)OC1COC2(CCNCC2)C1. The van der Waals surface area contributed by atoms with E-state index in [0.29, 0.717) is 12.6 Å². The van der Waals surface area contributed by atoms with E-state index in [2.05, 4.69) is 10.6 Å². The molecule has 0 aromatic carbocycles. The first-order chi connectivity index (χ1) is 8.76. The lowest BCUT2D eigenvalue weighted by Gasteiger charge is -2.32. The summed E-state index contributed by atoms with van der Waals surface area (Å²) in [5.74, 6) is 0. The molecule has 102 valence electrons. The van der Waals surface area contributed by atoms with Crippen LogP contribution >= 0.6 is 0 Å². The van der Waals surface area contributed by atoms with E-state index in [0.717, 1.165) is 45.2 Å². The van der Waals surface area contributed by atoms with E-state index in [1.807, 2.05) is 0 Å². The zero-order valence-corrected chi connectivity index (χ0v) is 10.7. The van der Waals surface area contributed by atoms with Gasteiger partial charge in [0.2, 0.25) is 0 Å². The first-order valence-corrected chi connectivity index (χ1v) is 7.08. The summed E-state index contributed by atoms with van der Waals surface area (Å²) in [6.45, 7) is 2.56. The molecule has 0 bridgehead atoms. The highest BCUT2D eigenvalue weighted by Crippen LogP contribution is 2.35. The zero-order chi connectivity index (χ0) is 12.4. The van der Waals surface area contributed by atoms with E-state index >= 15 is 0 Å². The van der Waals surface area contributed by atoms with Crippen LogP contribution in [0.1, 0.15) is 38.5 Å². The van der Waals surface area contributed by atoms with Crippen LogP contribution in [0.15, 0.2) is 0 Å². The van der Waals surface area contributed by atoms with Crippen molar-refractivity contribution in [3.05, 3.63) is 0 Å². The van der Waals surface area contributed by atoms with Crippen LogP contribution in [0, 0.1) is 0 Å². The summed E-state index contributed by atoms with van der Waals surface area (Å²) in [6.07, 6.45) is 5.97. The molecule has 2 heterocycles. The third-order valence-electron chi connectivity index (χ3n) is 4.39. The third kappa shape index (κ3) is 2.62. The average Bonchev–Trinajstić information content (AvgIpc) is 2.68. The van der Waals surface area contributed by atoms with E-state index in [9.17, 15) is 4.79 Å². The second kappa shape index (κ2) is 5.05. The van der Waals surface area contributed by atoms with Gasteiger partial charge < -0.3 is 20.1 Å². The van der Waals surface area contributed by atoms with Crippen LogP contribution < -0.4 is 10.6 Å². The summed E-state index contributed by atoms with van der Waals surface area (Å²) in [4.78, 5) is 11.7. The Kier molecular flexibility index (Phi) is 3.43. The van der Waals surface area contributed by atoms with Crippen molar-refractivity contribution >= 4 is 6.09 Å². The van der Waals surface area contributed by atoms with Crippen molar-refractivity contribution in [3.63, 3.8) is 0 Å². The third-order valence-corrected chi connectivity index (χ3v) is 4.39. The smallest absolute Gasteiger partial charge is 0.407 e. The predicted molar refractivity (Wildman–Crippen MR) is 66.4 cm³/mol. The Morgan fingerprint density at radius 1 is 1.33 bits per heavy atom. The summed E-state index contributed by atoms with van der Waals surface area (Å²) in [6, 6.07) is 0.340. The van der Waals surface area contributed by atoms with Crippen LogP contribution in [0.3, 0.4) is 0 Å². The molecule has 1 amide bonds. The molecule has 3 rings (SSSR count). The number of amides is 1. The van der Waals surface area contributed by atoms with Crippen LogP contribution in [-0.4, -0.2) is 43.5 Å². The Morgan fingerprint density at radius 2 is 2.11 bits per heavy atom. The van der Waals surface area contributed by atoms with Crippen LogP contribution in [0.25, 0.3) is 0 Å². The summed E-state index contributed by atoms with van der Waals surface area (Å²) in [5.41, 5.74) is -0.0351. The van der Waals surface area contributed by atoms with Gasteiger partial charge in [-0.25, -0.2) is 4.79 Å². The molecular formula is C13H22N2O3. The second-order valence-corrected chi connectivity index (χ2v) is 5.75. The summed E-state index contributed by atoms with van der Waals surface area (Å²) >= 11 is 0. The minimum atomic E-state index is -0.265. The number of alkyl carbamates (subject to hydrolysis) is 1. The molecule has 0 radical (unpaired) electrons. The average molecular weight is 254 g/mol. The van der Waals surface area contributed by atoms with Gasteiger partial charge >= 0.3 is 6.09 Å². The molecule has 3 aliphatic rings. The van der Waals surface area contributed by atoms with Gasteiger partial charge in [0.05, 0.1) is 12.2 Å². The quantitative estimate of drug-likeness (QED) is 0.777. The minimum Gasteiger partial charge on any atom is -0.444 e. The Hall–Kier alpha value is -0.810. The number of nitrogens with one attached hydrogen (secondary N) is 2. The maximum atomic E-state index is 11.7. The normalized spacial score (nSPS) is 31.0. The summed E-state index contributed by atoms with van der Waals surface area (Å²) < 4.78 is 11.3. The van der Waals surface area contributed by atoms with Crippen LogP contribution in [0.4, 0.5) is 4.79 Å². The standard InChI is InChI=1S/C13H22N2O3/c16-12(15-10-2-1-3-10)18-11-8-13(17-9-11)4-6-14-7-5-13/h10-11,14H,1-9H2,(H,15,16). The Morgan fingerprint density at radius 3 is 2.78 bits per heavy atom. The number of rotatable bonds is 2. The highest BCUT2D eigenvalue weighted by atomic mass is 16.6. The van der Waals surface area contributed by atoms with Crippen molar-refractivity contribution < 1.29 is 14.3 Å². The molecule has 5 heteroatoms. The van der Waals surface area contributed by atoms with E-state index in [4.69, 9.17) is 9.47 Å². The van der Waals surface area contributed by atoms with Gasteiger partial charge in [-0.15, -0.1) is 0 Å². The van der Waals surface area contributed by atoms with Gasteiger partial charge in [-0.05, 0) is 45.2 Å². The zero-order valence-electron chi connectivity index (χ0n) is 10.7. The minimum absolute atomic E-state index is 0.0351. The van der Waals surface area contributed by atoms with Crippen molar-refractivity contribution in [2.45, 2.75) is 56.3 Å². The maximum absolute atomic E-state index is 11.7. The van der Waals surface area contributed by atoms with Crippen molar-refractivity contribution in [3.8, 4) is 0 Å². The molecule has 18 heavy (non-hydrogen) atoms. The Bertz CT molecular complexity index is 311. The lowest BCUT2D eigenvalue weighted by atomic mass is 9.89. The molecule has 2 saturated heterocycles. The molecule has 0 aromatic heterocycles. The van der Waals surface area contributed by atoms with Crippen molar-refractivity contribution in [1.82, 2.24) is 10.6 Å². The van der Waals surface area contributed by atoms with E-state index in [1.165, 1.54) is 6.42 Å². The van der Waals surface area contributed by atoms with Gasteiger partial charge in [0.25, 0.3) is 0 Å². The highest BCUT2D eigenvalue weighted by Gasteiger charge is 2.42. The van der Waals surface area contributed by atoms with Crippen LogP contribution in [0.5, 0.6) is 0 Å². The van der Waals surface area contributed by atoms with Crippen molar-refractivity contribution in [2.24, 2.45) is 0 Å². The molecule has 1 atom stereocenters. The number of ether oxygens (including phenoxy) is 2. The van der Waals surface area contributed by atoms with E-state index < -0.39 is 0 Å². The first kappa shape index (κ1) is 12.2. The molecule has 1 spiro atoms. The largest absolute Gasteiger partial charge is 0.444 e. The molecule has 5 nitrogen and oxygen atoms in total. The van der Waals surface area contributed by atoms with Crippen LogP contribution in [-0.2, 0) is 9.47 Å². The number of carbonyl (C=O) groups is 1. The molecule has 1 unspecified atom stereocenters. The number of carbonyl (C=O) groups excluding carboxylic acids is 1. The lowest BCUT2D eigenvalue weighted by molar-refractivity contribution is -0.0213. The van der Waals surface area contributed by atoms with Gasteiger partial charge in [0.15, 0.2) is 0 Å². The maximum Gasteiger partial charge on any atom is 0.407 e. The molecule has 2 aliphatic heterocycles. The van der Waals surface area contributed by atoms with Crippen LogP contribution in [0.2, 0.25) is 0 Å². The van der Waals surface area contributed by atoms with Gasteiger partial charge in [0, 0.05) is 12.5 Å². The van der Waals surface area contributed by atoms with Gasteiger partial charge in [-0.3, -0.25) is 0 Å². The van der Waals surface area contributed by atoms with Crippen molar-refractivity contribution in [1.29, 1.82) is 0 Å². The van der Waals surface area contributed by atoms with Crippen molar-refractivity contribution in [2.75, 3.05) is 19.7 Å². The van der Waals surface area contributed by atoms with E-state index in [1.54, 1.807) is 0 Å². The fourth-order valence-corrected chi connectivity index (χ4v) is 3.01. The topological polar surface area (TPSA) is 59.6 Å². The molecule has 3 fully saturated rings. The molecule has 1 saturated carbocycles. The van der Waals surface area contributed by atoms with Gasteiger partial charge in [0.1, 0.15) is 6.10 Å². The van der Waals surface area contributed by atoms with E-state index in [-0.39, 0.29) is 17.8 Å². The predicted octanol–water partition coefficient (Wildman–Crippen LogP) is 1.18. The summed E-state index contributed by atoms with van der Waals surface area (Å²) in [5, 5.41) is 6.24. The molecule has 1 aliphatic carbocycles. The number of piperidine rings is 1. The second-order valence-electron chi connectivity index (χ2n) is 5.75. The molecular weight excluding hydrogens is 232 g/mol. The number of hydrogen-bond acceptors (Lipinski definition) is 4. The molecule has 0 aromatic rings. The summed E-state index contributed by atoms with van der Waals surface area (Å²) in [7, 11) is 0. The molecule has 2 N–H and O–H groups in total. The van der Waals surface area contributed by atoms with Gasteiger partial charge in [-0.2, -0.15) is 0 Å².